The molecule has 5 heteroatoms. The predicted molar refractivity (Wildman–Crippen MR) is 80.0 cm³/mol. The molecule has 0 aromatic heterocycles. The number of aryl methyl sites for hydroxylation is 1. The summed E-state index contributed by atoms with van der Waals surface area (Å²) in [7, 11) is 0. The maximum Gasteiger partial charge on any atom is 0.253 e. The van der Waals surface area contributed by atoms with Crippen LogP contribution in [0.3, 0.4) is 0 Å². The lowest BCUT2D eigenvalue weighted by Gasteiger charge is -2.24. The molecule has 0 aliphatic rings. The zero-order chi connectivity index (χ0) is 15.1. The van der Waals surface area contributed by atoms with Gasteiger partial charge in [-0.1, -0.05) is 13.8 Å². The van der Waals surface area contributed by atoms with Crippen molar-refractivity contribution in [3.63, 3.8) is 0 Å². The number of benzene rings is 1. The zero-order valence-corrected chi connectivity index (χ0v) is 12.3. The van der Waals surface area contributed by atoms with Crippen LogP contribution in [0.2, 0.25) is 0 Å². The Bertz CT molecular complexity index is 505. The number of rotatable bonds is 6. The molecule has 1 aromatic rings. The average Bonchev–Trinajstić information content (AvgIpc) is 2.42. The second-order valence-electron chi connectivity index (χ2n) is 5.23. The topological polar surface area (TPSA) is 82.2 Å². The van der Waals surface area contributed by atoms with E-state index in [1.54, 1.807) is 17.0 Å². The summed E-state index contributed by atoms with van der Waals surface area (Å²) in [5.74, 6) is 5.71. The van der Waals surface area contributed by atoms with Crippen molar-refractivity contribution in [2.24, 2.45) is 11.8 Å². The van der Waals surface area contributed by atoms with E-state index in [9.17, 15) is 4.79 Å². The Balaban J connectivity index is 2.93. The van der Waals surface area contributed by atoms with Crippen LogP contribution in [0.25, 0.3) is 0 Å². The van der Waals surface area contributed by atoms with Crippen LogP contribution in [-0.2, 0) is 0 Å². The summed E-state index contributed by atoms with van der Waals surface area (Å²) in [4.78, 5) is 14.2. The fourth-order valence-electron chi connectivity index (χ4n) is 2.04. The second kappa shape index (κ2) is 7.51. The molecule has 0 saturated carbocycles. The first-order valence-corrected chi connectivity index (χ1v) is 6.73. The van der Waals surface area contributed by atoms with Gasteiger partial charge in [-0.2, -0.15) is 5.26 Å². The number of carbonyl (C=O) groups is 1. The van der Waals surface area contributed by atoms with Crippen molar-refractivity contribution in [1.29, 1.82) is 5.26 Å². The second-order valence-corrected chi connectivity index (χ2v) is 5.23. The van der Waals surface area contributed by atoms with E-state index >= 15 is 0 Å². The molecule has 1 amide bonds. The monoisotopic (exact) mass is 274 g/mol. The first kappa shape index (κ1) is 16.0. The van der Waals surface area contributed by atoms with Gasteiger partial charge in [-0.25, -0.2) is 0 Å². The molecule has 0 heterocycles. The van der Waals surface area contributed by atoms with Gasteiger partial charge in [0, 0.05) is 18.7 Å². The van der Waals surface area contributed by atoms with Crippen LogP contribution in [-0.4, -0.2) is 23.9 Å². The first-order valence-electron chi connectivity index (χ1n) is 6.73. The van der Waals surface area contributed by atoms with Gasteiger partial charge in [0.2, 0.25) is 0 Å². The van der Waals surface area contributed by atoms with E-state index in [4.69, 9.17) is 11.1 Å². The van der Waals surface area contributed by atoms with Gasteiger partial charge in [-0.05, 0) is 36.6 Å². The maximum atomic E-state index is 12.5. The van der Waals surface area contributed by atoms with Crippen molar-refractivity contribution in [2.45, 2.75) is 27.2 Å². The lowest BCUT2D eigenvalue weighted by molar-refractivity contribution is 0.0740. The minimum absolute atomic E-state index is 0.0411. The van der Waals surface area contributed by atoms with Crippen molar-refractivity contribution in [2.75, 3.05) is 18.5 Å². The fraction of sp³-hybridized carbons (Fsp3) is 0.467. The van der Waals surface area contributed by atoms with Gasteiger partial charge in [0.25, 0.3) is 5.91 Å². The molecule has 1 aromatic carbocycles. The Hall–Kier alpha value is -2.06. The SMILES string of the molecule is Cc1cc(C(=O)N(CCC#N)CC(C)C)ccc1NN. The number of nitrogens with zero attached hydrogens (tertiary/aromatic N) is 2. The van der Waals surface area contributed by atoms with Gasteiger partial charge in [0.1, 0.15) is 0 Å². The third-order valence-electron chi connectivity index (χ3n) is 3.00. The summed E-state index contributed by atoms with van der Waals surface area (Å²) in [5, 5.41) is 8.70. The number of carbonyl (C=O) groups excluding carboxylic acids is 1. The maximum absolute atomic E-state index is 12.5. The van der Waals surface area contributed by atoms with Crippen molar-refractivity contribution in [1.82, 2.24) is 4.90 Å². The highest BCUT2D eigenvalue weighted by atomic mass is 16.2. The summed E-state index contributed by atoms with van der Waals surface area (Å²) in [6.07, 6.45) is 0.347. The van der Waals surface area contributed by atoms with Gasteiger partial charge in [0.05, 0.1) is 18.2 Å². The first-order chi connectivity index (χ1) is 9.49. The Morgan fingerprint density at radius 3 is 2.70 bits per heavy atom. The van der Waals surface area contributed by atoms with Crippen molar-refractivity contribution >= 4 is 11.6 Å². The summed E-state index contributed by atoms with van der Waals surface area (Å²) in [6, 6.07) is 7.45. The number of hydrogen-bond acceptors (Lipinski definition) is 4. The van der Waals surface area contributed by atoms with Crippen LogP contribution in [0.5, 0.6) is 0 Å². The van der Waals surface area contributed by atoms with Crippen LogP contribution in [0.15, 0.2) is 18.2 Å². The van der Waals surface area contributed by atoms with Gasteiger partial charge < -0.3 is 10.3 Å². The van der Waals surface area contributed by atoms with E-state index in [0.29, 0.717) is 31.0 Å². The van der Waals surface area contributed by atoms with E-state index in [2.05, 4.69) is 25.3 Å². The zero-order valence-electron chi connectivity index (χ0n) is 12.3. The molecule has 0 unspecified atom stereocenters. The predicted octanol–water partition coefficient (Wildman–Crippen LogP) is 2.29. The van der Waals surface area contributed by atoms with Crippen molar-refractivity contribution in [3.8, 4) is 6.07 Å². The molecule has 108 valence electrons. The summed E-state index contributed by atoms with van der Waals surface area (Å²) >= 11 is 0. The van der Waals surface area contributed by atoms with Gasteiger partial charge in [-0.15, -0.1) is 0 Å². The Morgan fingerprint density at radius 2 is 2.20 bits per heavy atom. The molecular weight excluding hydrogens is 252 g/mol. The lowest BCUT2D eigenvalue weighted by Crippen LogP contribution is -2.35. The van der Waals surface area contributed by atoms with E-state index in [1.165, 1.54) is 0 Å². The third kappa shape index (κ3) is 4.25. The molecule has 0 bridgehead atoms. The Morgan fingerprint density at radius 1 is 1.50 bits per heavy atom. The molecule has 20 heavy (non-hydrogen) atoms. The highest BCUT2D eigenvalue weighted by Crippen LogP contribution is 2.17. The number of nitrogens with one attached hydrogen (secondary N) is 1. The van der Waals surface area contributed by atoms with Crippen LogP contribution in [0.1, 0.15) is 36.2 Å². The molecule has 0 saturated heterocycles. The molecule has 0 aliphatic heterocycles. The average molecular weight is 274 g/mol. The standard InChI is InChI=1S/C15H22N4O/c1-11(2)10-19(8-4-7-16)15(20)13-5-6-14(18-17)12(3)9-13/h5-6,9,11,18H,4,8,10,17H2,1-3H3. The molecule has 0 spiro atoms. The van der Waals surface area contributed by atoms with E-state index in [-0.39, 0.29) is 5.91 Å². The highest BCUT2D eigenvalue weighted by Gasteiger charge is 2.17. The van der Waals surface area contributed by atoms with E-state index < -0.39 is 0 Å². The van der Waals surface area contributed by atoms with Crippen LogP contribution in [0.4, 0.5) is 5.69 Å². The Kier molecular flexibility index (Phi) is 6.01. The Labute approximate surface area is 120 Å². The number of amides is 1. The molecule has 0 atom stereocenters. The quantitative estimate of drug-likeness (QED) is 0.616. The molecule has 5 nitrogen and oxygen atoms in total. The van der Waals surface area contributed by atoms with Gasteiger partial charge in [0.15, 0.2) is 0 Å². The summed E-state index contributed by atoms with van der Waals surface area (Å²) in [5.41, 5.74) is 4.93. The number of nitrogen functional groups attached to an aromatic ring is 1. The van der Waals surface area contributed by atoms with Crippen molar-refractivity contribution < 1.29 is 4.79 Å². The smallest absolute Gasteiger partial charge is 0.253 e. The molecule has 0 fully saturated rings. The normalized spacial score (nSPS) is 10.2. The van der Waals surface area contributed by atoms with Crippen LogP contribution >= 0.6 is 0 Å². The number of hydrazine groups is 1. The minimum Gasteiger partial charge on any atom is -0.337 e. The largest absolute Gasteiger partial charge is 0.337 e. The third-order valence-corrected chi connectivity index (χ3v) is 3.00. The minimum atomic E-state index is -0.0411. The highest BCUT2D eigenvalue weighted by molar-refractivity contribution is 5.95. The van der Waals surface area contributed by atoms with Gasteiger partial charge >= 0.3 is 0 Å². The van der Waals surface area contributed by atoms with E-state index in [0.717, 1.165) is 11.3 Å². The number of anilines is 1. The number of nitriles is 1. The van der Waals surface area contributed by atoms with E-state index in [1.807, 2.05) is 13.0 Å². The summed E-state index contributed by atoms with van der Waals surface area (Å²) in [6.45, 7) is 7.12. The molecule has 0 radical (unpaired) electrons. The van der Waals surface area contributed by atoms with Crippen LogP contribution < -0.4 is 11.3 Å². The number of nitrogens with two attached hydrogens (primary N) is 1. The molecule has 1 rings (SSSR count). The molecule has 0 aliphatic carbocycles. The van der Waals surface area contributed by atoms with Crippen molar-refractivity contribution in [3.05, 3.63) is 29.3 Å². The molecular formula is C15H22N4O. The summed E-state index contributed by atoms with van der Waals surface area (Å²) < 4.78 is 0. The molecule has 3 N–H and O–H groups in total. The fourth-order valence-corrected chi connectivity index (χ4v) is 2.04. The van der Waals surface area contributed by atoms with Crippen LogP contribution in [0, 0.1) is 24.2 Å². The van der Waals surface area contributed by atoms with Gasteiger partial charge in [-0.3, -0.25) is 10.6 Å². The lowest BCUT2D eigenvalue weighted by atomic mass is 10.1. The number of hydrogen-bond donors (Lipinski definition) is 2.